The third-order valence-corrected chi connectivity index (χ3v) is 4.27. The maximum Gasteiger partial charge on any atom is 0.323 e. The number of esters is 2. The molecule has 8 heteroatoms. The van der Waals surface area contributed by atoms with Gasteiger partial charge in [-0.25, -0.2) is 0 Å². The van der Waals surface area contributed by atoms with Crippen LogP contribution in [0.5, 0.6) is 0 Å². The summed E-state index contributed by atoms with van der Waals surface area (Å²) in [5.74, 6) is -1.85. The van der Waals surface area contributed by atoms with E-state index < -0.39 is 29.9 Å². The van der Waals surface area contributed by atoms with E-state index in [-0.39, 0.29) is 19.4 Å². The number of ether oxygens (including phenoxy) is 2. The molecule has 0 aliphatic heterocycles. The number of methoxy groups -OCH3 is 1. The van der Waals surface area contributed by atoms with E-state index in [0.717, 1.165) is 16.5 Å². The summed E-state index contributed by atoms with van der Waals surface area (Å²) in [7, 11) is 3.13. The van der Waals surface area contributed by atoms with Crippen LogP contribution < -0.4 is 11.1 Å². The van der Waals surface area contributed by atoms with Crippen LogP contribution in [0.1, 0.15) is 18.9 Å². The Morgan fingerprint density at radius 3 is 2.52 bits per heavy atom. The first-order valence-corrected chi connectivity index (χ1v) is 8.69. The molecule has 1 heterocycles. The molecule has 146 valence electrons. The summed E-state index contributed by atoms with van der Waals surface area (Å²) in [6.07, 6.45) is 1.93. The van der Waals surface area contributed by atoms with E-state index in [4.69, 9.17) is 15.2 Å². The van der Waals surface area contributed by atoms with E-state index in [9.17, 15) is 14.4 Å². The molecule has 1 amide bonds. The third-order valence-electron chi connectivity index (χ3n) is 4.27. The molecule has 2 atom stereocenters. The summed E-state index contributed by atoms with van der Waals surface area (Å²) in [6.45, 7) is 1.90. The van der Waals surface area contributed by atoms with Gasteiger partial charge in [-0.3, -0.25) is 19.7 Å². The Kier molecular flexibility index (Phi) is 6.95. The molecule has 2 aromatic rings. The van der Waals surface area contributed by atoms with Crippen molar-refractivity contribution in [1.82, 2.24) is 9.88 Å². The van der Waals surface area contributed by atoms with Crippen LogP contribution in [0.25, 0.3) is 10.9 Å². The highest BCUT2D eigenvalue weighted by Crippen LogP contribution is 2.22. The molecule has 0 fully saturated rings. The number of amides is 1. The second-order valence-electron chi connectivity index (χ2n) is 6.20. The molecule has 27 heavy (non-hydrogen) atoms. The number of aromatic nitrogens is 1. The SMILES string of the molecule is CCOC(=O)[C@@H](Cc1cn(C)c2ccccc12)N[C@@H](CC(N)=O)C(=O)OC. The highest BCUT2D eigenvalue weighted by atomic mass is 16.5. The molecular weight excluding hydrogens is 350 g/mol. The molecule has 0 aliphatic carbocycles. The van der Waals surface area contributed by atoms with Crippen molar-refractivity contribution in [1.29, 1.82) is 0 Å². The summed E-state index contributed by atoms with van der Waals surface area (Å²) >= 11 is 0. The maximum atomic E-state index is 12.5. The minimum atomic E-state index is -1.03. The fourth-order valence-corrected chi connectivity index (χ4v) is 3.06. The molecule has 0 aliphatic rings. The van der Waals surface area contributed by atoms with E-state index in [1.54, 1.807) is 6.92 Å². The van der Waals surface area contributed by atoms with Gasteiger partial charge in [0.25, 0.3) is 0 Å². The first-order chi connectivity index (χ1) is 12.9. The Hall–Kier alpha value is -2.87. The predicted octanol–water partition coefficient (Wildman–Crippen LogP) is 0.659. The zero-order valence-electron chi connectivity index (χ0n) is 15.7. The lowest BCUT2D eigenvalue weighted by Crippen LogP contribution is -2.50. The average Bonchev–Trinajstić information content (AvgIpc) is 2.95. The summed E-state index contributed by atoms with van der Waals surface area (Å²) in [4.78, 5) is 35.7. The van der Waals surface area contributed by atoms with Crippen LogP contribution in [0.3, 0.4) is 0 Å². The Morgan fingerprint density at radius 2 is 1.89 bits per heavy atom. The maximum absolute atomic E-state index is 12.5. The number of nitrogens with one attached hydrogen (secondary N) is 1. The van der Waals surface area contributed by atoms with Gasteiger partial charge < -0.3 is 19.8 Å². The van der Waals surface area contributed by atoms with Crippen LogP contribution in [0.4, 0.5) is 0 Å². The Balaban J connectivity index is 2.31. The number of aryl methyl sites for hydroxylation is 1. The van der Waals surface area contributed by atoms with Gasteiger partial charge in [0.2, 0.25) is 5.91 Å². The molecule has 8 nitrogen and oxygen atoms in total. The number of hydrogen-bond acceptors (Lipinski definition) is 6. The lowest BCUT2D eigenvalue weighted by molar-refractivity contribution is -0.148. The number of para-hydroxylation sites is 1. The fourth-order valence-electron chi connectivity index (χ4n) is 3.06. The van der Waals surface area contributed by atoms with Gasteiger partial charge in [0.1, 0.15) is 12.1 Å². The van der Waals surface area contributed by atoms with Crippen LogP contribution in [0.15, 0.2) is 30.5 Å². The third kappa shape index (κ3) is 5.07. The van der Waals surface area contributed by atoms with Gasteiger partial charge in [-0.05, 0) is 18.6 Å². The highest BCUT2D eigenvalue weighted by molar-refractivity contribution is 5.87. The summed E-state index contributed by atoms with van der Waals surface area (Å²) < 4.78 is 11.8. The largest absolute Gasteiger partial charge is 0.468 e. The van der Waals surface area contributed by atoms with E-state index in [0.29, 0.717) is 0 Å². The lowest BCUT2D eigenvalue weighted by Gasteiger charge is -2.22. The van der Waals surface area contributed by atoms with Crippen LogP contribution >= 0.6 is 0 Å². The first kappa shape index (κ1) is 20.4. The predicted molar refractivity (Wildman–Crippen MR) is 99.8 cm³/mol. The summed E-state index contributed by atoms with van der Waals surface area (Å²) in [6, 6.07) is 5.94. The Labute approximate surface area is 157 Å². The van der Waals surface area contributed by atoms with Crippen molar-refractivity contribution in [2.75, 3.05) is 13.7 Å². The number of carbonyl (C=O) groups excluding carboxylic acids is 3. The molecular formula is C19H25N3O5. The standard InChI is InChI=1S/C19H25N3O5/c1-4-27-19(25)14(21-15(10-17(20)23)18(24)26-3)9-12-11-22(2)16-8-6-5-7-13(12)16/h5-8,11,14-15,21H,4,9-10H2,1-3H3,(H2,20,23)/t14-,15+/m1/s1. The monoisotopic (exact) mass is 375 g/mol. The molecule has 3 N–H and O–H groups in total. The van der Waals surface area contributed by atoms with Gasteiger partial charge >= 0.3 is 11.9 Å². The van der Waals surface area contributed by atoms with Crippen molar-refractivity contribution in [2.24, 2.45) is 12.8 Å². The zero-order valence-corrected chi connectivity index (χ0v) is 15.7. The number of nitrogens with two attached hydrogens (primary N) is 1. The number of carbonyl (C=O) groups is 3. The topological polar surface area (TPSA) is 113 Å². The van der Waals surface area contributed by atoms with E-state index in [2.05, 4.69) is 5.32 Å². The fraction of sp³-hybridized carbons (Fsp3) is 0.421. The van der Waals surface area contributed by atoms with E-state index in [1.807, 2.05) is 42.1 Å². The van der Waals surface area contributed by atoms with Crippen LogP contribution in [0.2, 0.25) is 0 Å². The number of primary amides is 1. The van der Waals surface area contributed by atoms with Crippen molar-refractivity contribution in [3.05, 3.63) is 36.0 Å². The normalized spacial score (nSPS) is 13.1. The number of nitrogens with zero attached hydrogens (tertiary/aromatic N) is 1. The number of hydrogen-bond donors (Lipinski definition) is 2. The van der Waals surface area contributed by atoms with Crippen molar-refractivity contribution in [2.45, 2.75) is 31.8 Å². The Morgan fingerprint density at radius 1 is 1.19 bits per heavy atom. The van der Waals surface area contributed by atoms with Crippen LogP contribution in [-0.4, -0.2) is 48.2 Å². The van der Waals surface area contributed by atoms with Crippen molar-refractivity contribution in [3.8, 4) is 0 Å². The number of rotatable bonds is 9. The van der Waals surface area contributed by atoms with E-state index >= 15 is 0 Å². The summed E-state index contributed by atoms with van der Waals surface area (Å²) in [5.41, 5.74) is 7.16. The Bertz CT molecular complexity index is 830. The van der Waals surface area contributed by atoms with Gasteiger partial charge in [-0.15, -0.1) is 0 Å². The lowest BCUT2D eigenvalue weighted by atomic mass is 10.0. The molecule has 0 saturated heterocycles. The van der Waals surface area contributed by atoms with Crippen molar-refractivity contribution in [3.63, 3.8) is 0 Å². The van der Waals surface area contributed by atoms with Crippen LogP contribution in [-0.2, 0) is 37.3 Å². The molecule has 0 saturated carbocycles. The van der Waals surface area contributed by atoms with Gasteiger partial charge in [0.15, 0.2) is 0 Å². The molecule has 0 unspecified atom stereocenters. The second-order valence-corrected chi connectivity index (χ2v) is 6.20. The summed E-state index contributed by atoms with van der Waals surface area (Å²) in [5, 5.41) is 3.88. The van der Waals surface area contributed by atoms with Gasteiger partial charge in [-0.2, -0.15) is 0 Å². The van der Waals surface area contributed by atoms with E-state index in [1.165, 1.54) is 7.11 Å². The minimum Gasteiger partial charge on any atom is -0.468 e. The molecule has 0 bridgehead atoms. The highest BCUT2D eigenvalue weighted by Gasteiger charge is 2.30. The zero-order chi connectivity index (χ0) is 20.0. The second kappa shape index (κ2) is 9.18. The van der Waals surface area contributed by atoms with Crippen LogP contribution in [0, 0.1) is 0 Å². The molecule has 0 spiro atoms. The molecule has 2 rings (SSSR count). The van der Waals surface area contributed by atoms with Gasteiger partial charge in [0, 0.05) is 30.6 Å². The number of benzene rings is 1. The molecule has 1 aromatic carbocycles. The van der Waals surface area contributed by atoms with Crippen molar-refractivity contribution < 1.29 is 23.9 Å². The first-order valence-electron chi connectivity index (χ1n) is 8.69. The number of fused-ring (bicyclic) bond motifs is 1. The minimum absolute atomic E-state index is 0.200. The quantitative estimate of drug-likeness (QED) is 0.623. The molecule has 1 aromatic heterocycles. The van der Waals surface area contributed by atoms with Gasteiger partial charge in [0.05, 0.1) is 20.1 Å². The molecule has 0 radical (unpaired) electrons. The smallest absolute Gasteiger partial charge is 0.323 e. The van der Waals surface area contributed by atoms with Crippen molar-refractivity contribution >= 4 is 28.7 Å². The average molecular weight is 375 g/mol. The van der Waals surface area contributed by atoms with Gasteiger partial charge in [-0.1, -0.05) is 18.2 Å².